The fraction of sp³-hybridized carbons (Fsp3) is 0.533. The van der Waals surface area contributed by atoms with Crippen molar-refractivity contribution in [3.63, 3.8) is 0 Å². The average Bonchev–Trinajstić information content (AvgIpc) is 2.48. The average molecular weight is 279 g/mol. The van der Waals surface area contributed by atoms with E-state index in [1.54, 1.807) is 43.0 Å². The van der Waals surface area contributed by atoms with Crippen molar-refractivity contribution in [3.8, 4) is 5.75 Å². The van der Waals surface area contributed by atoms with Gasteiger partial charge >= 0.3 is 0 Å². The minimum absolute atomic E-state index is 0.0205. The van der Waals surface area contributed by atoms with Crippen molar-refractivity contribution < 1.29 is 19.4 Å². The molecule has 20 heavy (non-hydrogen) atoms. The van der Waals surface area contributed by atoms with Crippen LogP contribution >= 0.6 is 0 Å². The van der Waals surface area contributed by atoms with E-state index in [4.69, 9.17) is 9.47 Å². The van der Waals surface area contributed by atoms with E-state index in [0.717, 1.165) is 5.56 Å². The van der Waals surface area contributed by atoms with Crippen molar-refractivity contribution in [1.29, 1.82) is 0 Å². The summed E-state index contributed by atoms with van der Waals surface area (Å²) in [5.41, 5.74) is 0.824. The number of rotatable bonds is 4. The first kappa shape index (κ1) is 14.8. The van der Waals surface area contributed by atoms with Crippen LogP contribution in [-0.4, -0.2) is 48.3 Å². The van der Waals surface area contributed by atoms with Gasteiger partial charge in [0.2, 0.25) is 0 Å². The second-order valence-corrected chi connectivity index (χ2v) is 4.94. The first-order valence-electron chi connectivity index (χ1n) is 6.89. The number of benzene rings is 1. The molecule has 0 aliphatic carbocycles. The summed E-state index contributed by atoms with van der Waals surface area (Å²) in [4.78, 5) is 13.9. The Labute approximate surface area is 119 Å². The molecule has 1 N–H and O–H groups in total. The number of amides is 1. The highest BCUT2D eigenvalue weighted by Crippen LogP contribution is 2.18. The Kier molecular flexibility index (Phi) is 4.98. The molecule has 110 valence electrons. The summed E-state index contributed by atoms with van der Waals surface area (Å²) in [7, 11) is 0. The summed E-state index contributed by atoms with van der Waals surface area (Å²) in [6.45, 7) is 5.87. The Morgan fingerprint density at radius 1 is 1.25 bits per heavy atom. The Balaban J connectivity index is 1.92. The quantitative estimate of drug-likeness (QED) is 0.904. The van der Waals surface area contributed by atoms with Gasteiger partial charge in [-0.3, -0.25) is 4.79 Å². The number of hydrogen-bond donors (Lipinski definition) is 1. The number of carbonyl (C=O) groups excluding carboxylic acids is 1. The number of carbonyl (C=O) groups is 1. The lowest BCUT2D eigenvalue weighted by molar-refractivity contribution is -0.142. The third-order valence-electron chi connectivity index (χ3n) is 3.35. The molecule has 1 amide bonds. The van der Waals surface area contributed by atoms with Gasteiger partial charge in [0.1, 0.15) is 5.75 Å². The number of morpholine rings is 1. The van der Waals surface area contributed by atoms with Gasteiger partial charge in [-0.25, -0.2) is 0 Å². The number of ether oxygens (including phenoxy) is 2. The van der Waals surface area contributed by atoms with Crippen LogP contribution in [0.3, 0.4) is 0 Å². The summed E-state index contributed by atoms with van der Waals surface area (Å²) in [6.07, 6.45) is -1.03. The van der Waals surface area contributed by atoms with Gasteiger partial charge in [0.15, 0.2) is 6.10 Å². The first-order valence-corrected chi connectivity index (χ1v) is 6.89. The monoisotopic (exact) mass is 279 g/mol. The SMILES string of the molecule is CC(Oc1ccc(C(C)O)cc1)C(=O)N1CCOCC1. The summed E-state index contributed by atoms with van der Waals surface area (Å²) in [5, 5.41) is 9.44. The standard InChI is InChI=1S/C15H21NO4/c1-11(17)13-3-5-14(6-4-13)20-12(2)15(18)16-7-9-19-10-8-16/h3-6,11-12,17H,7-10H2,1-2H3. The molecule has 0 spiro atoms. The van der Waals surface area contributed by atoms with E-state index in [1.165, 1.54) is 0 Å². The minimum atomic E-state index is -0.523. The molecule has 0 radical (unpaired) electrons. The second kappa shape index (κ2) is 6.72. The van der Waals surface area contributed by atoms with Crippen LogP contribution in [0.2, 0.25) is 0 Å². The Bertz CT molecular complexity index is 438. The van der Waals surface area contributed by atoms with Crippen LogP contribution in [0.1, 0.15) is 25.5 Å². The van der Waals surface area contributed by atoms with Crippen molar-refractivity contribution >= 4 is 5.91 Å². The Morgan fingerprint density at radius 3 is 2.40 bits per heavy atom. The molecule has 2 atom stereocenters. The minimum Gasteiger partial charge on any atom is -0.481 e. The maximum Gasteiger partial charge on any atom is 0.263 e. The molecule has 2 unspecified atom stereocenters. The third kappa shape index (κ3) is 3.71. The zero-order valence-corrected chi connectivity index (χ0v) is 11.9. The molecule has 1 fully saturated rings. The lowest BCUT2D eigenvalue weighted by Gasteiger charge is -2.29. The highest BCUT2D eigenvalue weighted by Gasteiger charge is 2.23. The van der Waals surface area contributed by atoms with Gasteiger partial charge in [-0.2, -0.15) is 0 Å². The normalized spacial score (nSPS) is 18.4. The fourth-order valence-corrected chi connectivity index (χ4v) is 2.12. The van der Waals surface area contributed by atoms with Gasteiger partial charge in [-0.15, -0.1) is 0 Å². The van der Waals surface area contributed by atoms with Gasteiger partial charge in [0.25, 0.3) is 5.91 Å². The number of aliphatic hydroxyl groups is 1. The van der Waals surface area contributed by atoms with E-state index < -0.39 is 12.2 Å². The topological polar surface area (TPSA) is 59.0 Å². The van der Waals surface area contributed by atoms with E-state index in [1.807, 2.05) is 0 Å². The van der Waals surface area contributed by atoms with Crippen LogP contribution < -0.4 is 4.74 Å². The zero-order valence-electron chi connectivity index (χ0n) is 11.9. The molecule has 0 aromatic heterocycles. The maximum atomic E-state index is 12.2. The van der Waals surface area contributed by atoms with Crippen molar-refractivity contribution in [2.75, 3.05) is 26.3 Å². The van der Waals surface area contributed by atoms with E-state index in [0.29, 0.717) is 32.1 Å². The van der Waals surface area contributed by atoms with Crippen LogP contribution in [-0.2, 0) is 9.53 Å². The van der Waals surface area contributed by atoms with Crippen LogP contribution in [0.25, 0.3) is 0 Å². The van der Waals surface area contributed by atoms with Crippen LogP contribution in [0, 0.1) is 0 Å². The molecular weight excluding hydrogens is 258 g/mol. The predicted octanol–water partition coefficient (Wildman–Crippen LogP) is 1.37. The number of nitrogens with zero attached hydrogens (tertiary/aromatic N) is 1. The summed E-state index contributed by atoms with van der Waals surface area (Å²) >= 11 is 0. The number of hydrogen-bond acceptors (Lipinski definition) is 4. The molecule has 1 aliphatic rings. The van der Waals surface area contributed by atoms with E-state index >= 15 is 0 Å². The van der Waals surface area contributed by atoms with Gasteiger partial charge in [0, 0.05) is 13.1 Å². The van der Waals surface area contributed by atoms with Crippen LogP contribution in [0.4, 0.5) is 0 Å². The highest BCUT2D eigenvalue weighted by molar-refractivity contribution is 5.81. The lowest BCUT2D eigenvalue weighted by atomic mass is 10.1. The van der Waals surface area contributed by atoms with E-state index in [9.17, 15) is 9.90 Å². The van der Waals surface area contributed by atoms with Gasteiger partial charge in [0.05, 0.1) is 19.3 Å². The smallest absolute Gasteiger partial charge is 0.263 e. The molecule has 1 aromatic carbocycles. The first-order chi connectivity index (χ1) is 9.58. The fourth-order valence-electron chi connectivity index (χ4n) is 2.12. The molecule has 1 aliphatic heterocycles. The Hall–Kier alpha value is -1.59. The molecule has 0 saturated carbocycles. The van der Waals surface area contributed by atoms with Crippen molar-refractivity contribution in [2.24, 2.45) is 0 Å². The lowest BCUT2D eigenvalue weighted by Crippen LogP contribution is -2.46. The van der Waals surface area contributed by atoms with Gasteiger partial charge in [-0.1, -0.05) is 12.1 Å². The van der Waals surface area contributed by atoms with E-state index in [2.05, 4.69) is 0 Å². The van der Waals surface area contributed by atoms with Gasteiger partial charge < -0.3 is 19.5 Å². The molecule has 1 aromatic rings. The molecule has 2 rings (SSSR count). The third-order valence-corrected chi connectivity index (χ3v) is 3.35. The van der Waals surface area contributed by atoms with Crippen LogP contribution in [0.5, 0.6) is 5.75 Å². The molecule has 5 heteroatoms. The molecule has 1 heterocycles. The Morgan fingerprint density at radius 2 is 1.85 bits per heavy atom. The van der Waals surface area contributed by atoms with Crippen LogP contribution in [0.15, 0.2) is 24.3 Å². The van der Waals surface area contributed by atoms with Crippen molar-refractivity contribution in [3.05, 3.63) is 29.8 Å². The molecule has 5 nitrogen and oxygen atoms in total. The zero-order chi connectivity index (χ0) is 14.5. The van der Waals surface area contributed by atoms with E-state index in [-0.39, 0.29) is 5.91 Å². The maximum absolute atomic E-state index is 12.2. The van der Waals surface area contributed by atoms with Crippen molar-refractivity contribution in [2.45, 2.75) is 26.1 Å². The summed E-state index contributed by atoms with van der Waals surface area (Å²) in [6, 6.07) is 7.13. The largest absolute Gasteiger partial charge is 0.481 e. The summed E-state index contributed by atoms with van der Waals surface area (Å²) in [5.74, 6) is 0.608. The molecular formula is C15H21NO4. The molecule has 0 bridgehead atoms. The van der Waals surface area contributed by atoms with Crippen molar-refractivity contribution in [1.82, 2.24) is 4.90 Å². The number of aliphatic hydroxyl groups excluding tert-OH is 1. The molecule has 1 saturated heterocycles. The highest BCUT2D eigenvalue weighted by atomic mass is 16.5. The van der Waals surface area contributed by atoms with Gasteiger partial charge in [-0.05, 0) is 31.5 Å². The second-order valence-electron chi connectivity index (χ2n) is 4.94. The summed E-state index contributed by atoms with van der Waals surface area (Å²) < 4.78 is 10.9. The predicted molar refractivity (Wildman–Crippen MR) is 74.6 cm³/mol.